The van der Waals surface area contributed by atoms with Crippen LogP contribution in [-0.2, 0) is 20.9 Å². The second-order valence-corrected chi connectivity index (χ2v) is 9.55. The van der Waals surface area contributed by atoms with Crippen molar-refractivity contribution in [2.24, 2.45) is 0 Å². The van der Waals surface area contributed by atoms with Crippen molar-refractivity contribution in [3.8, 4) is 5.69 Å². The van der Waals surface area contributed by atoms with Gasteiger partial charge in [-0.05, 0) is 69.2 Å². The molecule has 1 aliphatic heterocycles. The number of nitrogens with zero attached hydrogens (tertiary/aromatic N) is 2. The Morgan fingerprint density at radius 3 is 2.20 bits per heavy atom. The maximum atomic E-state index is 13.6. The number of allylic oxidation sites excluding steroid dienone is 1. The minimum Gasteiger partial charge on any atom is -0.465 e. The average Bonchev–Trinajstić information content (AvgIpc) is 3.21. The van der Waals surface area contributed by atoms with E-state index in [-0.39, 0.29) is 11.5 Å². The molecule has 0 fully saturated rings. The molecule has 2 heterocycles. The van der Waals surface area contributed by atoms with Crippen molar-refractivity contribution in [3.05, 3.63) is 103 Å². The maximum absolute atomic E-state index is 13.6. The molecule has 2 aromatic carbocycles. The number of aryl methyl sites for hydroxylation is 2. The highest BCUT2D eigenvalue weighted by Crippen LogP contribution is 2.34. The van der Waals surface area contributed by atoms with E-state index < -0.39 is 5.97 Å². The topological polar surface area (TPSA) is 51.5 Å². The van der Waals surface area contributed by atoms with Gasteiger partial charge in [0.2, 0.25) is 0 Å². The molecule has 0 atom stereocenters. The van der Waals surface area contributed by atoms with Gasteiger partial charge in [0.1, 0.15) is 0 Å². The van der Waals surface area contributed by atoms with Crippen LogP contribution in [0.5, 0.6) is 0 Å². The van der Waals surface area contributed by atoms with Gasteiger partial charge < -0.3 is 14.2 Å². The molecular weight excluding hydrogens is 483 g/mol. The van der Waals surface area contributed by atoms with Gasteiger partial charge in [0.05, 0.1) is 24.8 Å². The van der Waals surface area contributed by atoms with Gasteiger partial charge in [-0.1, -0.05) is 53.0 Å². The Bertz CT molecular complexity index is 1380. The Kier molecular flexibility index (Phi) is 6.93. The normalized spacial score (nSPS) is 14.9. The summed E-state index contributed by atoms with van der Waals surface area (Å²) < 4.78 is 7.05. The zero-order chi connectivity index (χ0) is 25.4. The van der Waals surface area contributed by atoms with E-state index in [2.05, 4.69) is 0 Å². The number of methoxy groups -OCH3 is 1. The number of carbonyl (C=O) groups excluding carboxylic acids is 2. The monoisotopic (exact) mass is 508 g/mol. The molecule has 5 nitrogen and oxygen atoms in total. The first kappa shape index (κ1) is 24.8. The molecule has 3 aromatic rings. The Morgan fingerprint density at radius 2 is 1.60 bits per heavy atom. The SMILES string of the molecule is COC(=O)C1=C(C)N(Cc2ccc(C)cc2)C(=O)/C1=C\c1cc(C)n(-c2cc(Cl)cc(Cl)c2)c1C. The molecular formula is C28H26Cl2N2O3. The number of esters is 1. The second-order valence-electron chi connectivity index (χ2n) is 8.68. The van der Waals surface area contributed by atoms with Gasteiger partial charge in [-0.3, -0.25) is 4.79 Å². The maximum Gasteiger partial charge on any atom is 0.340 e. The van der Waals surface area contributed by atoms with E-state index in [1.54, 1.807) is 24.0 Å². The zero-order valence-electron chi connectivity index (χ0n) is 20.3. The lowest BCUT2D eigenvalue weighted by molar-refractivity contribution is -0.136. The van der Waals surface area contributed by atoms with Crippen molar-refractivity contribution in [3.63, 3.8) is 0 Å². The van der Waals surface area contributed by atoms with Crippen LogP contribution in [0.1, 0.15) is 35.0 Å². The van der Waals surface area contributed by atoms with Crippen molar-refractivity contribution >= 4 is 41.2 Å². The van der Waals surface area contributed by atoms with Crippen molar-refractivity contribution in [2.75, 3.05) is 7.11 Å². The number of benzene rings is 2. The van der Waals surface area contributed by atoms with Crippen LogP contribution in [0.4, 0.5) is 0 Å². The van der Waals surface area contributed by atoms with Crippen LogP contribution in [0.15, 0.2) is 65.4 Å². The number of halogens is 2. The molecule has 0 saturated heterocycles. The van der Waals surface area contributed by atoms with Crippen LogP contribution in [0.3, 0.4) is 0 Å². The van der Waals surface area contributed by atoms with E-state index in [1.807, 2.05) is 67.8 Å². The summed E-state index contributed by atoms with van der Waals surface area (Å²) in [5.41, 5.74) is 6.74. The molecule has 35 heavy (non-hydrogen) atoms. The van der Waals surface area contributed by atoms with Crippen LogP contribution in [0.2, 0.25) is 10.0 Å². The smallest absolute Gasteiger partial charge is 0.340 e. The van der Waals surface area contributed by atoms with Crippen LogP contribution < -0.4 is 0 Å². The molecule has 0 bridgehead atoms. The first-order valence-electron chi connectivity index (χ1n) is 11.1. The highest BCUT2D eigenvalue weighted by molar-refractivity contribution is 6.34. The molecule has 180 valence electrons. The number of amides is 1. The Labute approximate surface area is 215 Å². The van der Waals surface area contributed by atoms with Crippen molar-refractivity contribution < 1.29 is 14.3 Å². The molecule has 1 aliphatic rings. The number of carbonyl (C=O) groups is 2. The molecule has 0 spiro atoms. The van der Waals surface area contributed by atoms with Crippen LogP contribution >= 0.6 is 23.2 Å². The fourth-order valence-corrected chi connectivity index (χ4v) is 4.96. The third kappa shape index (κ3) is 4.79. The van der Waals surface area contributed by atoms with Crippen LogP contribution in [0, 0.1) is 20.8 Å². The first-order chi connectivity index (χ1) is 16.6. The van der Waals surface area contributed by atoms with Crippen LogP contribution in [0.25, 0.3) is 11.8 Å². The van der Waals surface area contributed by atoms with E-state index in [4.69, 9.17) is 27.9 Å². The minimum atomic E-state index is -0.538. The molecule has 7 heteroatoms. The van der Waals surface area contributed by atoms with Gasteiger partial charge in [0.15, 0.2) is 0 Å². The standard InChI is InChI=1S/C28H26Cl2N2O3/c1-16-6-8-20(9-7-16)15-31-19(4)26(28(34)35-5)25(27(31)33)11-21-10-17(2)32(18(21)3)24-13-22(29)12-23(30)14-24/h6-14H,15H2,1-5H3/b25-11-. The first-order valence-corrected chi connectivity index (χ1v) is 11.9. The molecule has 0 radical (unpaired) electrons. The highest BCUT2D eigenvalue weighted by Gasteiger charge is 2.37. The fourth-order valence-electron chi connectivity index (χ4n) is 4.45. The quantitative estimate of drug-likeness (QED) is 0.288. The summed E-state index contributed by atoms with van der Waals surface area (Å²) in [6.07, 6.45) is 1.76. The largest absolute Gasteiger partial charge is 0.465 e. The summed E-state index contributed by atoms with van der Waals surface area (Å²) in [5, 5.41) is 1.06. The van der Waals surface area contributed by atoms with Gasteiger partial charge in [-0.25, -0.2) is 4.79 Å². The number of rotatable bonds is 5. The molecule has 4 rings (SSSR count). The molecule has 1 amide bonds. The predicted octanol–water partition coefficient (Wildman–Crippen LogP) is 6.58. The Hall–Kier alpha value is -3.28. The molecule has 0 aliphatic carbocycles. The van der Waals surface area contributed by atoms with Gasteiger partial charge in [0.25, 0.3) is 5.91 Å². The van der Waals surface area contributed by atoms with Gasteiger partial charge in [-0.2, -0.15) is 0 Å². The third-order valence-electron chi connectivity index (χ3n) is 6.24. The number of ether oxygens (including phenoxy) is 1. The van der Waals surface area contributed by atoms with Crippen molar-refractivity contribution in [1.82, 2.24) is 9.47 Å². The summed E-state index contributed by atoms with van der Waals surface area (Å²) >= 11 is 12.5. The lowest BCUT2D eigenvalue weighted by Gasteiger charge is -2.18. The lowest BCUT2D eigenvalue weighted by atomic mass is 10.0. The molecule has 0 unspecified atom stereocenters. The molecule has 1 aromatic heterocycles. The van der Waals surface area contributed by atoms with E-state index in [0.717, 1.165) is 33.8 Å². The lowest BCUT2D eigenvalue weighted by Crippen LogP contribution is -2.24. The fraction of sp³-hybridized carbons (Fsp3) is 0.214. The highest BCUT2D eigenvalue weighted by atomic mass is 35.5. The van der Waals surface area contributed by atoms with Gasteiger partial charge in [0, 0.05) is 32.8 Å². The third-order valence-corrected chi connectivity index (χ3v) is 6.67. The number of hydrogen-bond donors (Lipinski definition) is 0. The van der Waals surface area contributed by atoms with Gasteiger partial charge in [-0.15, -0.1) is 0 Å². The summed E-state index contributed by atoms with van der Waals surface area (Å²) in [6.45, 7) is 8.07. The van der Waals surface area contributed by atoms with Crippen LogP contribution in [-0.4, -0.2) is 28.5 Å². The van der Waals surface area contributed by atoms with Crippen molar-refractivity contribution in [2.45, 2.75) is 34.2 Å². The summed E-state index contributed by atoms with van der Waals surface area (Å²) in [7, 11) is 1.32. The Balaban J connectivity index is 1.78. The summed E-state index contributed by atoms with van der Waals surface area (Å²) in [6, 6.07) is 15.3. The summed E-state index contributed by atoms with van der Waals surface area (Å²) in [5.74, 6) is -0.775. The molecule has 0 N–H and O–H groups in total. The van der Waals surface area contributed by atoms with E-state index in [0.29, 0.717) is 27.9 Å². The predicted molar refractivity (Wildman–Crippen MR) is 140 cm³/mol. The van der Waals surface area contributed by atoms with E-state index in [1.165, 1.54) is 7.11 Å². The second kappa shape index (κ2) is 9.76. The average molecular weight is 509 g/mol. The molecule has 0 saturated carbocycles. The zero-order valence-corrected chi connectivity index (χ0v) is 21.8. The minimum absolute atomic E-state index is 0.237. The van der Waals surface area contributed by atoms with Gasteiger partial charge >= 0.3 is 5.97 Å². The van der Waals surface area contributed by atoms with Crippen molar-refractivity contribution in [1.29, 1.82) is 0 Å². The number of hydrogen-bond acceptors (Lipinski definition) is 3. The van der Waals surface area contributed by atoms with E-state index >= 15 is 0 Å². The summed E-state index contributed by atoms with van der Waals surface area (Å²) in [4.78, 5) is 27.9. The Morgan fingerprint density at radius 1 is 0.971 bits per heavy atom. The van der Waals surface area contributed by atoms with E-state index in [9.17, 15) is 9.59 Å². The number of aromatic nitrogens is 1.